The van der Waals surface area contributed by atoms with Crippen molar-refractivity contribution in [3.05, 3.63) is 47.7 Å². The molecule has 7 nitrogen and oxygen atoms in total. The Morgan fingerprint density at radius 3 is 2.78 bits per heavy atom. The van der Waals surface area contributed by atoms with Crippen LogP contribution < -0.4 is 9.47 Å². The zero-order valence-corrected chi connectivity index (χ0v) is 16.0. The molecule has 142 valence electrons. The number of benzene rings is 1. The van der Waals surface area contributed by atoms with Gasteiger partial charge >= 0.3 is 5.97 Å². The molecule has 0 atom stereocenters. The number of hydrogen-bond donors (Lipinski definition) is 0. The van der Waals surface area contributed by atoms with E-state index < -0.39 is 5.97 Å². The van der Waals surface area contributed by atoms with Crippen molar-refractivity contribution in [3.63, 3.8) is 0 Å². The lowest BCUT2D eigenvalue weighted by molar-refractivity contribution is -0.133. The van der Waals surface area contributed by atoms with Crippen LogP contribution >= 0.6 is 11.8 Å². The Morgan fingerprint density at radius 2 is 2.00 bits per heavy atom. The Bertz CT molecular complexity index is 843. The molecule has 1 aliphatic heterocycles. The van der Waals surface area contributed by atoms with Crippen LogP contribution in [0.25, 0.3) is 0 Å². The molecule has 1 aromatic carbocycles. The molecule has 1 amide bonds. The summed E-state index contributed by atoms with van der Waals surface area (Å²) in [7, 11) is 1.66. The molecule has 0 radical (unpaired) electrons. The number of nitrogens with zero attached hydrogens (tertiary/aromatic N) is 2. The predicted octanol–water partition coefficient (Wildman–Crippen LogP) is 2.39. The maximum absolute atomic E-state index is 12.3. The number of rotatable bonds is 6. The Balaban J connectivity index is 1.55. The lowest BCUT2D eigenvalue weighted by Gasteiger charge is -2.21. The summed E-state index contributed by atoms with van der Waals surface area (Å²) < 4.78 is 16.2. The molecular formula is C19H20N2O5S. The van der Waals surface area contributed by atoms with Gasteiger partial charge in [0.1, 0.15) is 18.2 Å². The van der Waals surface area contributed by atoms with E-state index in [4.69, 9.17) is 14.2 Å². The SMILES string of the molecule is CSc1ncccc1C(=O)OCC(=O)N(C)Cc1ccc2c(c1)OCCO2. The Kier molecular flexibility index (Phi) is 6.18. The third-order valence-electron chi connectivity index (χ3n) is 3.96. The number of pyridine rings is 1. The van der Waals surface area contributed by atoms with Crippen LogP contribution in [0.1, 0.15) is 15.9 Å². The van der Waals surface area contributed by atoms with Crippen molar-refractivity contribution < 1.29 is 23.8 Å². The van der Waals surface area contributed by atoms with E-state index in [1.54, 1.807) is 25.4 Å². The minimum Gasteiger partial charge on any atom is -0.486 e. The van der Waals surface area contributed by atoms with Crippen molar-refractivity contribution in [2.24, 2.45) is 0 Å². The summed E-state index contributed by atoms with van der Waals surface area (Å²) in [6, 6.07) is 8.85. The van der Waals surface area contributed by atoms with Gasteiger partial charge < -0.3 is 19.1 Å². The van der Waals surface area contributed by atoms with E-state index >= 15 is 0 Å². The van der Waals surface area contributed by atoms with E-state index in [0.717, 1.165) is 5.56 Å². The first kappa shape index (κ1) is 19.0. The van der Waals surface area contributed by atoms with Crippen LogP contribution in [0.3, 0.4) is 0 Å². The van der Waals surface area contributed by atoms with Crippen LogP contribution in [0.4, 0.5) is 0 Å². The predicted molar refractivity (Wildman–Crippen MR) is 100 cm³/mol. The number of carbonyl (C=O) groups is 2. The van der Waals surface area contributed by atoms with Gasteiger partial charge in [0.2, 0.25) is 0 Å². The third kappa shape index (κ3) is 4.71. The standard InChI is InChI=1S/C19H20N2O5S/c1-21(11-13-5-6-15-16(10-13)25-9-8-24-15)17(22)12-26-19(23)14-4-3-7-20-18(14)27-2/h3-7,10H,8-9,11-12H2,1-2H3. The van der Waals surface area contributed by atoms with E-state index in [1.807, 2.05) is 24.5 Å². The molecular weight excluding hydrogens is 368 g/mol. The summed E-state index contributed by atoms with van der Waals surface area (Å²) in [5, 5.41) is 0.569. The number of ether oxygens (including phenoxy) is 3. The van der Waals surface area contributed by atoms with E-state index in [1.165, 1.54) is 16.7 Å². The quantitative estimate of drug-likeness (QED) is 0.555. The molecule has 0 saturated carbocycles. The summed E-state index contributed by atoms with van der Waals surface area (Å²) in [5.74, 6) is 0.516. The zero-order chi connectivity index (χ0) is 19.2. The summed E-state index contributed by atoms with van der Waals surface area (Å²) in [6.45, 7) is 1.08. The maximum Gasteiger partial charge on any atom is 0.341 e. The molecule has 0 bridgehead atoms. The van der Waals surface area contributed by atoms with Gasteiger partial charge in [0.05, 0.1) is 5.56 Å². The summed E-state index contributed by atoms with van der Waals surface area (Å²) >= 11 is 1.35. The first-order valence-corrected chi connectivity index (χ1v) is 9.59. The van der Waals surface area contributed by atoms with E-state index in [0.29, 0.717) is 41.8 Å². The van der Waals surface area contributed by atoms with Gasteiger partial charge in [-0.05, 0) is 36.1 Å². The molecule has 0 fully saturated rings. The fraction of sp³-hybridized carbons (Fsp3) is 0.316. The number of fused-ring (bicyclic) bond motifs is 1. The van der Waals surface area contributed by atoms with Crippen molar-refractivity contribution in [2.75, 3.05) is 33.1 Å². The van der Waals surface area contributed by atoms with Crippen molar-refractivity contribution in [2.45, 2.75) is 11.6 Å². The fourth-order valence-electron chi connectivity index (χ4n) is 2.57. The monoisotopic (exact) mass is 388 g/mol. The molecule has 0 saturated heterocycles. The molecule has 2 heterocycles. The second-order valence-corrected chi connectivity index (χ2v) is 6.66. The molecule has 27 heavy (non-hydrogen) atoms. The molecule has 2 aromatic rings. The molecule has 0 spiro atoms. The highest BCUT2D eigenvalue weighted by molar-refractivity contribution is 7.98. The molecule has 3 rings (SSSR count). The number of esters is 1. The largest absolute Gasteiger partial charge is 0.486 e. The topological polar surface area (TPSA) is 78.0 Å². The normalized spacial score (nSPS) is 12.4. The van der Waals surface area contributed by atoms with E-state index in [9.17, 15) is 9.59 Å². The Morgan fingerprint density at radius 1 is 1.22 bits per heavy atom. The lowest BCUT2D eigenvalue weighted by Crippen LogP contribution is -2.31. The van der Waals surface area contributed by atoms with Crippen LogP contribution in [0.15, 0.2) is 41.6 Å². The smallest absolute Gasteiger partial charge is 0.341 e. The van der Waals surface area contributed by atoms with Crippen LogP contribution in [-0.4, -0.2) is 54.9 Å². The first-order chi connectivity index (χ1) is 13.1. The van der Waals surface area contributed by atoms with Crippen molar-refractivity contribution in [1.29, 1.82) is 0 Å². The van der Waals surface area contributed by atoms with E-state index in [2.05, 4.69) is 4.98 Å². The maximum atomic E-state index is 12.3. The molecule has 1 aromatic heterocycles. The number of amides is 1. The average molecular weight is 388 g/mol. The van der Waals surface area contributed by atoms with Gasteiger partial charge in [-0.3, -0.25) is 4.79 Å². The molecule has 0 aliphatic carbocycles. The lowest BCUT2D eigenvalue weighted by atomic mass is 10.2. The number of aromatic nitrogens is 1. The highest BCUT2D eigenvalue weighted by Crippen LogP contribution is 2.31. The summed E-state index contributed by atoms with van der Waals surface area (Å²) in [5.41, 5.74) is 1.26. The summed E-state index contributed by atoms with van der Waals surface area (Å²) in [4.78, 5) is 30.1. The Labute approximate surface area is 161 Å². The minimum atomic E-state index is -0.562. The van der Waals surface area contributed by atoms with Crippen molar-refractivity contribution in [1.82, 2.24) is 9.88 Å². The van der Waals surface area contributed by atoms with Crippen LogP contribution in [-0.2, 0) is 16.1 Å². The number of carbonyl (C=O) groups excluding carboxylic acids is 2. The van der Waals surface area contributed by atoms with Crippen molar-refractivity contribution >= 4 is 23.6 Å². The van der Waals surface area contributed by atoms with Gasteiger partial charge in [-0.25, -0.2) is 9.78 Å². The molecule has 8 heteroatoms. The summed E-state index contributed by atoms with van der Waals surface area (Å²) in [6.07, 6.45) is 3.43. The average Bonchev–Trinajstić information content (AvgIpc) is 2.71. The number of likely N-dealkylation sites (N-methyl/N-ethyl adjacent to an activating group) is 1. The molecule has 1 aliphatic rings. The van der Waals surface area contributed by atoms with Crippen LogP contribution in [0, 0.1) is 0 Å². The van der Waals surface area contributed by atoms with Crippen LogP contribution in [0.2, 0.25) is 0 Å². The second-order valence-electron chi connectivity index (χ2n) is 5.86. The van der Waals surface area contributed by atoms with Crippen LogP contribution in [0.5, 0.6) is 11.5 Å². The molecule has 0 unspecified atom stereocenters. The highest BCUT2D eigenvalue weighted by Gasteiger charge is 2.18. The van der Waals surface area contributed by atoms with E-state index in [-0.39, 0.29) is 12.5 Å². The van der Waals surface area contributed by atoms with Gasteiger partial charge in [0.15, 0.2) is 18.1 Å². The number of hydrogen-bond acceptors (Lipinski definition) is 7. The first-order valence-electron chi connectivity index (χ1n) is 8.37. The third-order valence-corrected chi connectivity index (χ3v) is 4.68. The van der Waals surface area contributed by atoms with Gasteiger partial charge in [-0.2, -0.15) is 0 Å². The highest BCUT2D eigenvalue weighted by atomic mass is 32.2. The van der Waals surface area contributed by atoms with Gasteiger partial charge in [0.25, 0.3) is 5.91 Å². The number of thioether (sulfide) groups is 1. The minimum absolute atomic E-state index is 0.298. The fourth-order valence-corrected chi connectivity index (χ4v) is 3.11. The molecule has 0 N–H and O–H groups in total. The van der Waals surface area contributed by atoms with Gasteiger partial charge in [-0.15, -0.1) is 11.8 Å². The Hall–Kier alpha value is -2.74. The second kappa shape index (κ2) is 8.77. The van der Waals surface area contributed by atoms with Gasteiger partial charge in [0, 0.05) is 19.8 Å². The van der Waals surface area contributed by atoms with Crippen molar-refractivity contribution in [3.8, 4) is 11.5 Å². The zero-order valence-electron chi connectivity index (χ0n) is 15.1. The van der Waals surface area contributed by atoms with Gasteiger partial charge in [-0.1, -0.05) is 6.07 Å².